The molecular formula is C7H15NO4. The minimum absolute atomic E-state index is 0.221. The zero-order valence-corrected chi connectivity index (χ0v) is 6.96. The van der Waals surface area contributed by atoms with Crippen LogP contribution in [0.25, 0.3) is 0 Å². The highest BCUT2D eigenvalue weighted by molar-refractivity contribution is 4.92. The van der Waals surface area contributed by atoms with E-state index in [1.807, 2.05) is 0 Å². The van der Waals surface area contributed by atoms with E-state index in [4.69, 9.17) is 5.11 Å². The molecule has 4 N–H and O–H groups in total. The average molecular weight is 177 g/mol. The Hall–Kier alpha value is -0.200. The largest absolute Gasteiger partial charge is 0.395 e. The SMILES string of the molecule is CN1C[C@H](O)[C@H](O)[C@@H](O)[C@@H]1CO. The maximum atomic E-state index is 9.37. The molecule has 0 bridgehead atoms. The molecule has 0 unspecified atom stereocenters. The van der Waals surface area contributed by atoms with Gasteiger partial charge in [-0.1, -0.05) is 0 Å². The Bertz CT molecular complexity index is 154. The molecule has 1 fully saturated rings. The van der Waals surface area contributed by atoms with Crippen molar-refractivity contribution in [2.45, 2.75) is 24.4 Å². The Morgan fingerprint density at radius 2 is 1.83 bits per heavy atom. The highest BCUT2D eigenvalue weighted by Gasteiger charge is 2.39. The maximum absolute atomic E-state index is 9.37. The standard InChI is InChI=1S/C7H15NO4/c1-8-2-5(10)7(12)6(11)4(8)3-9/h4-7,9-12H,2-3H2,1H3/t4-,5-,6-,7-/m0/s1. The molecule has 12 heavy (non-hydrogen) atoms. The lowest BCUT2D eigenvalue weighted by atomic mass is 9.95. The van der Waals surface area contributed by atoms with Gasteiger partial charge in [-0.15, -0.1) is 0 Å². The molecule has 1 saturated heterocycles. The molecule has 0 saturated carbocycles. The van der Waals surface area contributed by atoms with Crippen molar-refractivity contribution in [2.24, 2.45) is 0 Å². The number of hydrogen-bond acceptors (Lipinski definition) is 5. The van der Waals surface area contributed by atoms with Gasteiger partial charge in [0.1, 0.15) is 12.2 Å². The van der Waals surface area contributed by atoms with Gasteiger partial charge in [0.05, 0.1) is 18.8 Å². The normalized spacial score (nSPS) is 44.8. The molecule has 5 heteroatoms. The number of aliphatic hydroxyl groups is 4. The number of rotatable bonds is 1. The van der Waals surface area contributed by atoms with Crippen LogP contribution < -0.4 is 0 Å². The Kier molecular flexibility index (Phi) is 3.03. The van der Waals surface area contributed by atoms with E-state index < -0.39 is 24.4 Å². The monoisotopic (exact) mass is 177 g/mol. The number of likely N-dealkylation sites (tertiary alicyclic amines) is 1. The van der Waals surface area contributed by atoms with Gasteiger partial charge in [0, 0.05) is 6.54 Å². The summed E-state index contributed by atoms with van der Waals surface area (Å²) in [4.78, 5) is 1.63. The highest BCUT2D eigenvalue weighted by atomic mass is 16.4. The van der Waals surface area contributed by atoms with E-state index in [2.05, 4.69) is 0 Å². The fraction of sp³-hybridized carbons (Fsp3) is 1.00. The van der Waals surface area contributed by atoms with E-state index in [1.54, 1.807) is 11.9 Å². The van der Waals surface area contributed by atoms with Crippen molar-refractivity contribution in [1.82, 2.24) is 4.90 Å². The second-order valence-electron chi connectivity index (χ2n) is 3.24. The Morgan fingerprint density at radius 3 is 2.33 bits per heavy atom. The first kappa shape index (κ1) is 9.88. The van der Waals surface area contributed by atoms with Crippen molar-refractivity contribution in [2.75, 3.05) is 20.2 Å². The highest BCUT2D eigenvalue weighted by Crippen LogP contribution is 2.16. The second kappa shape index (κ2) is 3.68. The quantitative estimate of drug-likeness (QED) is 0.352. The summed E-state index contributed by atoms with van der Waals surface area (Å²) < 4.78 is 0. The molecular weight excluding hydrogens is 162 g/mol. The molecule has 4 atom stereocenters. The number of β-amino-alcohol motifs (C(OH)–C–C–N with tert-alkyl or cyclic N) is 1. The number of nitrogens with zero attached hydrogens (tertiary/aromatic N) is 1. The van der Waals surface area contributed by atoms with Crippen LogP contribution in [0.15, 0.2) is 0 Å². The van der Waals surface area contributed by atoms with Crippen LogP contribution in [0.3, 0.4) is 0 Å². The molecule has 1 aliphatic rings. The summed E-state index contributed by atoms with van der Waals surface area (Å²) in [7, 11) is 1.68. The molecule has 0 spiro atoms. The van der Waals surface area contributed by atoms with Gasteiger partial charge < -0.3 is 20.4 Å². The zero-order chi connectivity index (χ0) is 9.30. The number of likely N-dealkylation sites (N-methyl/N-ethyl adjacent to an activating group) is 1. The lowest BCUT2D eigenvalue weighted by Crippen LogP contribution is -2.61. The lowest BCUT2D eigenvalue weighted by molar-refractivity contribution is -0.138. The summed E-state index contributed by atoms with van der Waals surface area (Å²) in [5.41, 5.74) is 0. The predicted octanol–water partition coefficient (Wildman–Crippen LogP) is -2.62. The van der Waals surface area contributed by atoms with Gasteiger partial charge in [0.15, 0.2) is 0 Å². The topological polar surface area (TPSA) is 84.2 Å². The smallest absolute Gasteiger partial charge is 0.109 e. The van der Waals surface area contributed by atoms with Crippen LogP contribution in [0.4, 0.5) is 0 Å². The third kappa shape index (κ3) is 1.60. The van der Waals surface area contributed by atoms with Crippen LogP contribution in [0.2, 0.25) is 0 Å². The molecule has 0 radical (unpaired) electrons. The van der Waals surface area contributed by atoms with Crippen molar-refractivity contribution < 1.29 is 20.4 Å². The van der Waals surface area contributed by atoms with Crippen LogP contribution in [-0.4, -0.2) is 69.9 Å². The van der Waals surface area contributed by atoms with Crippen LogP contribution in [0, 0.1) is 0 Å². The number of hydrogen-bond donors (Lipinski definition) is 4. The summed E-state index contributed by atoms with van der Waals surface area (Å²) in [6.07, 6.45) is -3.17. The van der Waals surface area contributed by atoms with Gasteiger partial charge in [0.25, 0.3) is 0 Å². The van der Waals surface area contributed by atoms with Crippen LogP contribution >= 0.6 is 0 Å². The summed E-state index contributed by atoms with van der Waals surface area (Å²) in [5, 5.41) is 36.6. The van der Waals surface area contributed by atoms with Gasteiger partial charge in [-0.05, 0) is 7.05 Å². The van der Waals surface area contributed by atoms with Crippen molar-refractivity contribution in [3.05, 3.63) is 0 Å². The van der Waals surface area contributed by atoms with E-state index in [1.165, 1.54) is 0 Å². The molecule has 0 aromatic heterocycles. The minimum Gasteiger partial charge on any atom is -0.395 e. The minimum atomic E-state index is -1.15. The molecule has 0 amide bonds. The summed E-state index contributed by atoms with van der Waals surface area (Å²) in [6, 6.07) is -0.483. The van der Waals surface area contributed by atoms with Crippen molar-refractivity contribution in [3.8, 4) is 0 Å². The van der Waals surface area contributed by atoms with E-state index >= 15 is 0 Å². The van der Waals surface area contributed by atoms with Gasteiger partial charge in [0.2, 0.25) is 0 Å². The van der Waals surface area contributed by atoms with Crippen molar-refractivity contribution >= 4 is 0 Å². The molecule has 0 aromatic rings. The molecule has 5 nitrogen and oxygen atoms in total. The van der Waals surface area contributed by atoms with E-state index in [0.717, 1.165) is 0 Å². The van der Waals surface area contributed by atoms with E-state index in [0.29, 0.717) is 0 Å². The Labute approximate surface area is 70.9 Å². The summed E-state index contributed by atoms with van der Waals surface area (Å²) in [6.45, 7) is 0.0465. The molecule has 0 aliphatic carbocycles. The third-order valence-corrected chi connectivity index (χ3v) is 2.37. The fourth-order valence-corrected chi connectivity index (χ4v) is 1.50. The third-order valence-electron chi connectivity index (χ3n) is 2.37. The maximum Gasteiger partial charge on any atom is 0.109 e. The van der Waals surface area contributed by atoms with Gasteiger partial charge in [-0.3, -0.25) is 4.90 Å². The Morgan fingerprint density at radius 1 is 1.25 bits per heavy atom. The second-order valence-corrected chi connectivity index (χ2v) is 3.24. The zero-order valence-electron chi connectivity index (χ0n) is 6.96. The Balaban J connectivity index is 2.65. The van der Waals surface area contributed by atoms with Crippen LogP contribution in [0.1, 0.15) is 0 Å². The van der Waals surface area contributed by atoms with E-state index in [9.17, 15) is 15.3 Å². The first-order valence-electron chi connectivity index (χ1n) is 3.93. The summed E-state index contributed by atoms with van der Waals surface area (Å²) in [5.74, 6) is 0. The van der Waals surface area contributed by atoms with Gasteiger partial charge >= 0.3 is 0 Å². The fourth-order valence-electron chi connectivity index (χ4n) is 1.50. The number of piperidine rings is 1. The average Bonchev–Trinajstić information content (AvgIpc) is 2.01. The first-order valence-corrected chi connectivity index (χ1v) is 3.93. The summed E-state index contributed by atoms with van der Waals surface area (Å²) >= 11 is 0. The number of aliphatic hydroxyl groups excluding tert-OH is 4. The molecule has 1 rings (SSSR count). The molecule has 1 heterocycles. The first-order chi connectivity index (χ1) is 5.57. The van der Waals surface area contributed by atoms with Crippen LogP contribution in [-0.2, 0) is 0 Å². The van der Waals surface area contributed by atoms with Gasteiger partial charge in [-0.25, -0.2) is 0 Å². The van der Waals surface area contributed by atoms with Crippen molar-refractivity contribution in [3.63, 3.8) is 0 Å². The molecule has 0 aromatic carbocycles. The molecule has 72 valence electrons. The predicted molar refractivity (Wildman–Crippen MR) is 41.5 cm³/mol. The molecule has 1 aliphatic heterocycles. The van der Waals surface area contributed by atoms with Gasteiger partial charge in [-0.2, -0.15) is 0 Å². The van der Waals surface area contributed by atoms with Crippen LogP contribution in [0.5, 0.6) is 0 Å². The van der Waals surface area contributed by atoms with E-state index in [-0.39, 0.29) is 13.2 Å². The lowest BCUT2D eigenvalue weighted by Gasteiger charge is -2.40. The van der Waals surface area contributed by atoms with Crippen molar-refractivity contribution in [1.29, 1.82) is 0 Å².